The number of ether oxygens (including phenoxy) is 1. The number of aromatic nitrogens is 3. The molecule has 0 spiro atoms. The molecule has 2 aromatic heterocycles. The number of likely N-dealkylation sites (tertiary alicyclic amines) is 1. The zero-order valence-electron chi connectivity index (χ0n) is 26.8. The number of nitrogens with one attached hydrogen (secondary N) is 1. The highest BCUT2D eigenvalue weighted by Crippen LogP contribution is 2.29. The molecule has 5 heterocycles. The van der Waals surface area contributed by atoms with E-state index < -0.39 is 6.10 Å². The molecule has 0 radical (unpaired) electrons. The van der Waals surface area contributed by atoms with Crippen LogP contribution in [0, 0.1) is 0 Å². The molecular weight excluding hydrogens is 594 g/mol. The molecule has 1 amide bonds. The number of anilines is 2. The van der Waals surface area contributed by atoms with Gasteiger partial charge < -0.3 is 29.4 Å². The van der Waals surface area contributed by atoms with Crippen molar-refractivity contribution in [2.75, 3.05) is 42.9 Å². The first-order chi connectivity index (χ1) is 23.1. The lowest BCUT2D eigenvalue weighted by Crippen LogP contribution is -2.56. The maximum absolute atomic E-state index is 13.9. The number of para-hydroxylation sites is 2. The number of aliphatic hydroxyl groups is 1. The molecule has 0 unspecified atom stereocenters. The second-order valence-electron chi connectivity index (χ2n) is 13.5. The minimum Gasteiger partial charge on any atom is -0.460 e. The first-order valence-electron chi connectivity index (χ1n) is 17.3. The van der Waals surface area contributed by atoms with Gasteiger partial charge >= 0.3 is 6.01 Å². The van der Waals surface area contributed by atoms with Crippen LogP contribution in [0.25, 0.3) is 11.1 Å². The molecule has 2 saturated heterocycles. The number of oxazole rings is 1. The first kappa shape index (κ1) is 30.1. The summed E-state index contributed by atoms with van der Waals surface area (Å²) in [6.07, 6.45) is 7.08. The second kappa shape index (κ2) is 13.1. The molecule has 0 bridgehead atoms. The van der Waals surface area contributed by atoms with Crippen LogP contribution in [0.4, 0.5) is 11.8 Å². The Bertz CT molecular complexity index is 1680. The highest BCUT2D eigenvalue weighted by atomic mass is 16.5. The predicted molar refractivity (Wildman–Crippen MR) is 179 cm³/mol. The van der Waals surface area contributed by atoms with Crippen LogP contribution in [-0.4, -0.2) is 92.8 Å². The van der Waals surface area contributed by atoms with Gasteiger partial charge in [-0.2, -0.15) is 15.0 Å². The second-order valence-corrected chi connectivity index (χ2v) is 13.5. The fourth-order valence-electron chi connectivity index (χ4n) is 7.73. The molecule has 8 rings (SSSR count). The van der Waals surface area contributed by atoms with E-state index in [4.69, 9.17) is 14.1 Å². The highest BCUT2D eigenvalue weighted by molar-refractivity contribution is 5.93. The molecule has 1 saturated carbocycles. The fourth-order valence-corrected chi connectivity index (χ4v) is 7.73. The van der Waals surface area contributed by atoms with E-state index in [0.29, 0.717) is 24.1 Å². The van der Waals surface area contributed by atoms with Gasteiger partial charge in [0.2, 0.25) is 0 Å². The topological polar surface area (TPSA) is 120 Å². The van der Waals surface area contributed by atoms with Gasteiger partial charge in [-0.15, -0.1) is 0 Å². The summed E-state index contributed by atoms with van der Waals surface area (Å²) >= 11 is 0. The number of fused-ring (bicyclic) bond motifs is 2. The average molecular weight is 638 g/mol. The Kier molecular flexibility index (Phi) is 8.41. The van der Waals surface area contributed by atoms with E-state index in [9.17, 15) is 9.90 Å². The monoisotopic (exact) mass is 637 g/mol. The normalized spacial score (nSPS) is 22.8. The molecule has 3 fully saturated rings. The summed E-state index contributed by atoms with van der Waals surface area (Å²) in [4.78, 5) is 34.2. The van der Waals surface area contributed by atoms with Crippen molar-refractivity contribution in [1.82, 2.24) is 24.8 Å². The van der Waals surface area contributed by atoms with E-state index in [1.807, 2.05) is 24.3 Å². The third-order valence-corrected chi connectivity index (χ3v) is 10.4. The number of aliphatic hydroxyl groups excluding tert-OH is 1. The van der Waals surface area contributed by atoms with Gasteiger partial charge in [0.15, 0.2) is 5.58 Å². The van der Waals surface area contributed by atoms with Gasteiger partial charge in [0.25, 0.3) is 11.9 Å². The molecule has 3 aliphatic heterocycles. The molecular formula is C36H43N7O4. The molecule has 246 valence electrons. The number of β-amino-alcohol motifs (C(OH)–C–C–N with tert-alkyl or cyclic N) is 1. The van der Waals surface area contributed by atoms with E-state index in [0.717, 1.165) is 88.6 Å². The zero-order valence-corrected chi connectivity index (χ0v) is 26.8. The fraction of sp³-hybridized carbons (Fsp3) is 0.500. The number of hydrogen-bond acceptors (Lipinski definition) is 10. The summed E-state index contributed by atoms with van der Waals surface area (Å²) in [6.45, 7) is 4.19. The molecule has 4 aliphatic rings. The Hall–Kier alpha value is -4.22. The van der Waals surface area contributed by atoms with Crippen LogP contribution in [0.5, 0.6) is 6.01 Å². The van der Waals surface area contributed by atoms with Crippen molar-refractivity contribution in [3.63, 3.8) is 0 Å². The van der Waals surface area contributed by atoms with Crippen molar-refractivity contribution < 1.29 is 19.1 Å². The molecule has 11 nitrogen and oxygen atoms in total. The van der Waals surface area contributed by atoms with Crippen molar-refractivity contribution in [2.24, 2.45) is 0 Å². The lowest BCUT2D eigenvalue weighted by atomic mass is 9.94. The van der Waals surface area contributed by atoms with E-state index in [1.165, 1.54) is 11.1 Å². The van der Waals surface area contributed by atoms with E-state index in [2.05, 4.69) is 49.4 Å². The van der Waals surface area contributed by atoms with Crippen LogP contribution >= 0.6 is 0 Å². The first-order valence-corrected chi connectivity index (χ1v) is 17.3. The Labute approximate surface area is 274 Å². The summed E-state index contributed by atoms with van der Waals surface area (Å²) in [6, 6.07) is 19.2. The van der Waals surface area contributed by atoms with E-state index in [1.54, 1.807) is 11.0 Å². The lowest BCUT2D eigenvalue weighted by Gasteiger charge is -2.43. The number of amides is 1. The van der Waals surface area contributed by atoms with Crippen LogP contribution in [0.3, 0.4) is 0 Å². The Morgan fingerprint density at radius 3 is 2.49 bits per heavy atom. The maximum Gasteiger partial charge on any atom is 0.319 e. The van der Waals surface area contributed by atoms with E-state index in [-0.39, 0.29) is 36.7 Å². The van der Waals surface area contributed by atoms with Crippen molar-refractivity contribution in [1.29, 1.82) is 0 Å². The van der Waals surface area contributed by atoms with Crippen molar-refractivity contribution in [3.8, 4) is 6.01 Å². The van der Waals surface area contributed by atoms with Crippen molar-refractivity contribution in [3.05, 3.63) is 71.4 Å². The Morgan fingerprint density at radius 1 is 0.894 bits per heavy atom. The number of benzene rings is 2. The molecule has 2 aromatic carbocycles. The number of carbonyl (C=O) groups excluding carboxylic acids is 1. The molecule has 11 heteroatoms. The maximum atomic E-state index is 13.9. The van der Waals surface area contributed by atoms with Crippen LogP contribution in [-0.2, 0) is 13.0 Å². The molecule has 47 heavy (non-hydrogen) atoms. The smallest absolute Gasteiger partial charge is 0.319 e. The largest absolute Gasteiger partial charge is 0.460 e. The number of rotatable bonds is 7. The number of nitrogens with zero attached hydrogens (tertiary/aromatic N) is 6. The zero-order chi connectivity index (χ0) is 31.7. The summed E-state index contributed by atoms with van der Waals surface area (Å²) in [5.41, 5.74) is 4.69. The van der Waals surface area contributed by atoms with Gasteiger partial charge in [0, 0.05) is 57.4 Å². The van der Waals surface area contributed by atoms with Crippen molar-refractivity contribution in [2.45, 2.75) is 82.2 Å². The minimum absolute atomic E-state index is 0.0249. The van der Waals surface area contributed by atoms with Gasteiger partial charge in [0.05, 0.1) is 6.10 Å². The molecule has 2 N–H and O–H groups in total. The van der Waals surface area contributed by atoms with E-state index >= 15 is 0 Å². The van der Waals surface area contributed by atoms with Crippen LogP contribution in [0.2, 0.25) is 0 Å². The van der Waals surface area contributed by atoms with Crippen LogP contribution in [0.1, 0.15) is 66.6 Å². The highest BCUT2D eigenvalue weighted by Gasteiger charge is 2.36. The van der Waals surface area contributed by atoms with Crippen LogP contribution in [0.15, 0.2) is 59.0 Å². The average Bonchev–Trinajstić information content (AvgIpc) is 3.78. The summed E-state index contributed by atoms with van der Waals surface area (Å²) in [7, 11) is 0. The number of piperidine rings is 2. The lowest BCUT2D eigenvalue weighted by molar-refractivity contribution is -0.0139. The molecule has 4 aromatic rings. The quantitative estimate of drug-likeness (QED) is 0.296. The van der Waals surface area contributed by atoms with Gasteiger partial charge in [-0.1, -0.05) is 36.4 Å². The summed E-state index contributed by atoms with van der Waals surface area (Å²) in [5, 5.41) is 14.8. The number of hydrogen-bond donors (Lipinski definition) is 2. The Balaban J connectivity index is 0.937. The third kappa shape index (κ3) is 6.51. The standard InChI is InChI=1S/C36H43N7O4/c44-31-23-43(20-16-30(31)42-17-13-24-7-1-2-8-25(24)22-42)34(45)29-21-33(40-35(38-29)46-27-9-3-4-10-27)37-26-14-18-41(19-15-26)36-39-28-11-5-6-12-32(28)47-36/h1-2,5-8,11-12,21,26-27,30-31,44H,3-4,9-10,13-20,22-23H2,(H,37,38,40)/t30-,31-/m1/s1. The van der Waals surface area contributed by atoms with Crippen molar-refractivity contribution >= 4 is 28.8 Å². The SMILES string of the molecule is O=C(c1cc(NC2CCN(c3nc4ccccc4o3)CC2)nc(OC2CCCC2)n1)N1CC[C@@H](N2CCc3ccccc3C2)[C@H](O)C1. The van der Waals surface area contributed by atoms with Gasteiger partial charge in [-0.05, 0) is 74.6 Å². The summed E-state index contributed by atoms with van der Waals surface area (Å²) < 4.78 is 12.2. The van der Waals surface area contributed by atoms with Gasteiger partial charge in [-0.25, -0.2) is 0 Å². The Morgan fingerprint density at radius 2 is 1.68 bits per heavy atom. The molecule has 1 aliphatic carbocycles. The third-order valence-electron chi connectivity index (χ3n) is 10.4. The minimum atomic E-state index is -0.627. The van der Waals surface area contributed by atoms with Gasteiger partial charge in [-0.3, -0.25) is 9.69 Å². The van der Waals surface area contributed by atoms with Crippen LogP contribution < -0.4 is 15.0 Å². The summed E-state index contributed by atoms with van der Waals surface area (Å²) in [5.74, 6) is 0.401. The molecule has 2 atom stereocenters. The predicted octanol–water partition coefficient (Wildman–Crippen LogP) is 4.65. The number of carbonyl (C=O) groups is 1. The van der Waals surface area contributed by atoms with Gasteiger partial charge in [0.1, 0.15) is 23.1 Å².